The Morgan fingerprint density at radius 2 is 2.29 bits per heavy atom. The van der Waals surface area contributed by atoms with E-state index in [9.17, 15) is 4.79 Å². The van der Waals surface area contributed by atoms with Crippen molar-refractivity contribution in [1.82, 2.24) is 15.0 Å². The van der Waals surface area contributed by atoms with Gasteiger partial charge >= 0.3 is 0 Å². The van der Waals surface area contributed by atoms with Crippen LogP contribution < -0.4 is 10.9 Å². The molecule has 0 saturated heterocycles. The van der Waals surface area contributed by atoms with Gasteiger partial charge in [0.2, 0.25) is 0 Å². The second-order valence-corrected chi connectivity index (χ2v) is 3.29. The lowest BCUT2D eigenvalue weighted by molar-refractivity contribution is 1.09. The van der Waals surface area contributed by atoms with E-state index in [1.807, 2.05) is 6.07 Å². The van der Waals surface area contributed by atoms with E-state index in [1.54, 1.807) is 25.4 Å². The van der Waals surface area contributed by atoms with Crippen molar-refractivity contribution in [2.75, 3.05) is 12.4 Å². The second kappa shape index (κ2) is 4.56. The lowest BCUT2D eigenvalue weighted by Gasteiger charge is -2.05. The smallest absolute Gasteiger partial charge is 0.262 e. The highest BCUT2D eigenvalue weighted by Crippen LogP contribution is 2.12. The lowest BCUT2D eigenvalue weighted by Crippen LogP contribution is -2.17. The first-order valence-electron chi connectivity index (χ1n) is 5.00. The summed E-state index contributed by atoms with van der Waals surface area (Å²) in [5.41, 5.74) is 0.421. The Morgan fingerprint density at radius 1 is 1.47 bits per heavy atom. The van der Waals surface area contributed by atoms with Crippen LogP contribution in [0.4, 0.5) is 5.82 Å². The van der Waals surface area contributed by atoms with E-state index in [2.05, 4.69) is 20.3 Å². The molecule has 0 amide bonds. The van der Waals surface area contributed by atoms with Crippen LogP contribution in [0, 0.1) is 5.41 Å². The minimum atomic E-state index is -0.361. The average molecular weight is 229 g/mol. The minimum Gasteiger partial charge on any atom is -0.372 e. The molecule has 0 aliphatic heterocycles. The lowest BCUT2D eigenvalue weighted by atomic mass is 10.3. The number of aromatic nitrogens is 3. The number of aromatic amines is 1. The second-order valence-electron chi connectivity index (χ2n) is 3.29. The van der Waals surface area contributed by atoms with E-state index in [-0.39, 0.29) is 11.1 Å². The summed E-state index contributed by atoms with van der Waals surface area (Å²) in [6.07, 6.45) is 2.60. The largest absolute Gasteiger partial charge is 0.372 e. The maximum absolute atomic E-state index is 11.7. The van der Waals surface area contributed by atoms with Crippen LogP contribution in [0.2, 0.25) is 0 Å². The van der Waals surface area contributed by atoms with E-state index in [0.29, 0.717) is 17.3 Å². The third-order valence-corrected chi connectivity index (χ3v) is 2.24. The fourth-order valence-electron chi connectivity index (χ4n) is 1.43. The Kier molecular flexibility index (Phi) is 2.95. The summed E-state index contributed by atoms with van der Waals surface area (Å²) in [4.78, 5) is 22.6. The molecule has 86 valence electrons. The molecule has 2 rings (SSSR count). The minimum absolute atomic E-state index is 0.201. The van der Waals surface area contributed by atoms with Gasteiger partial charge in [0.15, 0.2) is 5.82 Å². The van der Waals surface area contributed by atoms with Gasteiger partial charge in [-0.15, -0.1) is 0 Å². The maximum Gasteiger partial charge on any atom is 0.262 e. The van der Waals surface area contributed by atoms with Crippen molar-refractivity contribution in [3.05, 3.63) is 40.3 Å². The van der Waals surface area contributed by atoms with E-state index in [0.717, 1.165) is 6.21 Å². The molecule has 6 nitrogen and oxygen atoms in total. The van der Waals surface area contributed by atoms with Crippen molar-refractivity contribution in [2.45, 2.75) is 0 Å². The molecule has 2 aromatic heterocycles. The molecule has 0 spiro atoms. The Morgan fingerprint density at radius 3 is 2.88 bits per heavy atom. The molecular formula is C11H11N5O. The summed E-state index contributed by atoms with van der Waals surface area (Å²) in [7, 11) is 1.65. The van der Waals surface area contributed by atoms with Crippen molar-refractivity contribution in [3.8, 4) is 11.5 Å². The van der Waals surface area contributed by atoms with Crippen molar-refractivity contribution in [3.63, 3.8) is 0 Å². The highest BCUT2D eigenvalue weighted by Gasteiger charge is 2.09. The number of hydrogen-bond donors (Lipinski definition) is 3. The fourth-order valence-corrected chi connectivity index (χ4v) is 1.43. The zero-order chi connectivity index (χ0) is 12.3. The number of rotatable bonds is 3. The zero-order valence-electron chi connectivity index (χ0n) is 9.19. The van der Waals surface area contributed by atoms with E-state index in [4.69, 9.17) is 5.41 Å². The maximum atomic E-state index is 11.7. The summed E-state index contributed by atoms with van der Waals surface area (Å²) < 4.78 is 0. The van der Waals surface area contributed by atoms with Crippen LogP contribution in [-0.2, 0) is 0 Å². The quantitative estimate of drug-likeness (QED) is 0.680. The van der Waals surface area contributed by atoms with Crippen LogP contribution in [0.1, 0.15) is 5.56 Å². The molecule has 0 saturated carbocycles. The predicted molar refractivity (Wildman–Crippen MR) is 65.5 cm³/mol. The van der Waals surface area contributed by atoms with Gasteiger partial charge in [-0.1, -0.05) is 6.07 Å². The van der Waals surface area contributed by atoms with Gasteiger partial charge in [0.1, 0.15) is 11.5 Å². The van der Waals surface area contributed by atoms with Gasteiger partial charge in [-0.3, -0.25) is 9.78 Å². The van der Waals surface area contributed by atoms with Gasteiger partial charge in [0, 0.05) is 19.5 Å². The fraction of sp³-hybridized carbons (Fsp3) is 0.0909. The number of nitrogens with zero attached hydrogens (tertiary/aromatic N) is 2. The molecule has 2 heterocycles. The van der Waals surface area contributed by atoms with Crippen molar-refractivity contribution >= 4 is 12.0 Å². The van der Waals surface area contributed by atoms with Gasteiger partial charge in [0.05, 0.1) is 5.56 Å². The molecule has 0 atom stereocenters. The molecule has 0 bridgehead atoms. The molecule has 3 N–H and O–H groups in total. The van der Waals surface area contributed by atoms with E-state index < -0.39 is 0 Å². The molecule has 2 aromatic rings. The van der Waals surface area contributed by atoms with Crippen LogP contribution >= 0.6 is 0 Å². The number of anilines is 1. The topological polar surface area (TPSA) is 94.5 Å². The molecule has 0 aliphatic carbocycles. The highest BCUT2D eigenvalue weighted by molar-refractivity contribution is 5.84. The first-order valence-corrected chi connectivity index (χ1v) is 5.00. The summed E-state index contributed by atoms with van der Waals surface area (Å²) in [5.74, 6) is 0.745. The van der Waals surface area contributed by atoms with Crippen molar-refractivity contribution < 1.29 is 0 Å². The third kappa shape index (κ3) is 2.05. The van der Waals surface area contributed by atoms with Gasteiger partial charge in [-0.25, -0.2) is 4.98 Å². The molecule has 0 fully saturated rings. The monoisotopic (exact) mass is 229 g/mol. The Labute approximate surface area is 97.3 Å². The van der Waals surface area contributed by atoms with E-state index >= 15 is 0 Å². The van der Waals surface area contributed by atoms with Gasteiger partial charge in [-0.2, -0.15) is 0 Å². The summed E-state index contributed by atoms with van der Waals surface area (Å²) in [5, 5.41) is 9.95. The number of pyridine rings is 1. The van der Waals surface area contributed by atoms with E-state index in [1.165, 1.54) is 0 Å². The summed E-state index contributed by atoms with van der Waals surface area (Å²) >= 11 is 0. The zero-order valence-corrected chi connectivity index (χ0v) is 9.19. The molecule has 17 heavy (non-hydrogen) atoms. The van der Waals surface area contributed by atoms with Crippen LogP contribution in [0.15, 0.2) is 29.2 Å². The van der Waals surface area contributed by atoms with Gasteiger partial charge in [0.25, 0.3) is 5.56 Å². The number of nitrogens with one attached hydrogen (secondary N) is 3. The third-order valence-electron chi connectivity index (χ3n) is 2.24. The average Bonchev–Trinajstić information content (AvgIpc) is 2.38. The molecule has 0 unspecified atom stereocenters. The molecule has 0 aromatic carbocycles. The number of H-pyrrole nitrogens is 1. The SMILES string of the molecule is CNc1nc(-c2ccccn2)[nH]c(=O)c1C=N. The number of hydrogen-bond acceptors (Lipinski definition) is 5. The first kappa shape index (κ1) is 11.0. The van der Waals surface area contributed by atoms with Crippen LogP contribution in [0.3, 0.4) is 0 Å². The predicted octanol–water partition coefficient (Wildman–Crippen LogP) is 0.871. The Bertz CT molecular complexity index is 591. The van der Waals surface area contributed by atoms with Crippen LogP contribution in [0.25, 0.3) is 11.5 Å². The van der Waals surface area contributed by atoms with Gasteiger partial charge in [-0.05, 0) is 12.1 Å². The normalized spacial score (nSPS) is 9.94. The Balaban J connectivity index is 2.62. The molecule has 0 radical (unpaired) electrons. The summed E-state index contributed by atoms with van der Waals surface area (Å²) in [6.45, 7) is 0. The first-order chi connectivity index (χ1) is 8.26. The van der Waals surface area contributed by atoms with Crippen molar-refractivity contribution in [1.29, 1.82) is 5.41 Å². The standard InChI is InChI=1S/C11H11N5O/c1-13-9-7(6-12)11(17)16-10(15-9)8-4-2-3-5-14-8/h2-6,12H,1H3,(H2,13,15,16,17). The van der Waals surface area contributed by atoms with Gasteiger partial charge < -0.3 is 15.7 Å². The summed E-state index contributed by atoms with van der Waals surface area (Å²) in [6, 6.07) is 5.35. The highest BCUT2D eigenvalue weighted by atomic mass is 16.1. The molecule has 0 aliphatic rings. The Hall–Kier alpha value is -2.50. The molecule has 6 heteroatoms. The molecular weight excluding hydrogens is 218 g/mol. The van der Waals surface area contributed by atoms with Crippen LogP contribution in [0.5, 0.6) is 0 Å². The van der Waals surface area contributed by atoms with Crippen LogP contribution in [-0.4, -0.2) is 28.2 Å². The van der Waals surface area contributed by atoms with Crippen molar-refractivity contribution in [2.24, 2.45) is 0 Å².